The molecule has 0 N–H and O–H groups in total. The molecule has 14 heavy (non-hydrogen) atoms. The Morgan fingerprint density at radius 3 is 2.86 bits per heavy atom. The van der Waals surface area contributed by atoms with Gasteiger partial charge in [-0.05, 0) is 32.2 Å². The van der Waals surface area contributed by atoms with E-state index >= 15 is 0 Å². The van der Waals surface area contributed by atoms with Gasteiger partial charge >= 0.3 is 0 Å². The molecule has 0 saturated carbocycles. The summed E-state index contributed by atoms with van der Waals surface area (Å²) in [5, 5.41) is 1.09. The van der Waals surface area contributed by atoms with Gasteiger partial charge < -0.3 is 9.64 Å². The summed E-state index contributed by atoms with van der Waals surface area (Å²) in [5.41, 5.74) is 0. The van der Waals surface area contributed by atoms with Gasteiger partial charge in [0.15, 0.2) is 0 Å². The van der Waals surface area contributed by atoms with Crippen molar-refractivity contribution in [2.45, 2.75) is 32.3 Å². The van der Waals surface area contributed by atoms with Gasteiger partial charge in [-0.15, -0.1) is 0 Å². The maximum Gasteiger partial charge on any atom is 0.0701 e. The quantitative estimate of drug-likeness (QED) is 0.707. The number of hydrogen-bond donors (Lipinski definition) is 0. The van der Waals surface area contributed by atoms with Crippen molar-refractivity contribution in [1.29, 1.82) is 0 Å². The van der Waals surface area contributed by atoms with Crippen LogP contribution in [-0.2, 0) is 4.74 Å². The van der Waals surface area contributed by atoms with Gasteiger partial charge in [0.25, 0.3) is 0 Å². The van der Waals surface area contributed by atoms with E-state index in [-0.39, 0.29) is 0 Å². The lowest BCUT2D eigenvalue weighted by molar-refractivity contribution is -0.00274. The van der Waals surface area contributed by atoms with E-state index in [1.165, 1.54) is 19.3 Å². The number of hydrogen-bond acceptors (Lipinski definition) is 2. The molecule has 2 nitrogen and oxygen atoms in total. The van der Waals surface area contributed by atoms with Gasteiger partial charge in [-0.1, -0.05) is 22.9 Å². The zero-order chi connectivity index (χ0) is 10.4. The fraction of sp³-hybridized carbons (Fsp3) is 1.00. The van der Waals surface area contributed by atoms with E-state index in [1.54, 1.807) is 0 Å². The van der Waals surface area contributed by atoms with E-state index in [2.05, 4.69) is 34.8 Å². The average molecular weight is 264 g/mol. The third-order valence-electron chi connectivity index (χ3n) is 2.68. The highest BCUT2D eigenvalue weighted by molar-refractivity contribution is 9.09. The molecule has 1 rings (SSSR count). The summed E-state index contributed by atoms with van der Waals surface area (Å²) in [6.45, 7) is 5.49. The first-order valence-corrected chi connectivity index (χ1v) is 6.70. The van der Waals surface area contributed by atoms with Crippen molar-refractivity contribution in [2.75, 3.05) is 32.1 Å². The van der Waals surface area contributed by atoms with Gasteiger partial charge in [-0.3, -0.25) is 0 Å². The van der Waals surface area contributed by atoms with E-state index in [0.29, 0.717) is 6.10 Å². The van der Waals surface area contributed by atoms with Gasteiger partial charge in [0.1, 0.15) is 0 Å². The Morgan fingerprint density at radius 1 is 1.50 bits per heavy atom. The molecule has 84 valence electrons. The molecule has 0 aliphatic carbocycles. The standard InChI is InChI=1S/C11H22BrNO/c1-10(7-12)8-13(2)9-11-5-3-4-6-14-11/h10-11H,3-9H2,1-2H3. The van der Waals surface area contributed by atoms with Crippen LogP contribution in [0.5, 0.6) is 0 Å². The van der Waals surface area contributed by atoms with Gasteiger partial charge in [0, 0.05) is 25.0 Å². The van der Waals surface area contributed by atoms with Gasteiger partial charge in [-0.25, -0.2) is 0 Å². The number of ether oxygens (including phenoxy) is 1. The Kier molecular flexibility index (Phi) is 6.06. The molecular formula is C11H22BrNO. The lowest BCUT2D eigenvalue weighted by atomic mass is 10.1. The summed E-state index contributed by atoms with van der Waals surface area (Å²) < 4.78 is 5.71. The number of nitrogens with zero attached hydrogens (tertiary/aromatic N) is 1. The van der Waals surface area contributed by atoms with Crippen molar-refractivity contribution in [1.82, 2.24) is 4.90 Å². The van der Waals surface area contributed by atoms with E-state index in [0.717, 1.165) is 30.9 Å². The lowest BCUT2D eigenvalue weighted by Gasteiger charge is -2.28. The van der Waals surface area contributed by atoms with Crippen molar-refractivity contribution < 1.29 is 4.74 Å². The molecule has 3 heteroatoms. The van der Waals surface area contributed by atoms with Crippen molar-refractivity contribution in [3.63, 3.8) is 0 Å². The minimum Gasteiger partial charge on any atom is -0.377 e. The highest BCUT2D eigenvalue weighted by Gasteiger charge is 2.16. The second-order valence-corrected chi connectivity index (χ2v) is 5.12. The SMILES string of the molecule is CC(CBr)CN(C)CC1CCCCO1. The summed E-state index contributed by atoms with van der Waals surface area (Å²) in [7, 11) is 2.19. The van der Waals surface area contributed by atoms with Crippen LogP contribution in [0.1, 0.15) is 26.2 Å². The molecule has 0 aromatic rings. The number of alkyl halides is 1. The van der Waals surface area contributed by atoms with Crippen LogP contribution in [-0.4, -0.2) is 43.1 Å². The van der Waals surface area contributed by atoms with E-state index < -0.39 is 0 Å². The molecule has 2 unspecified atom stereocenters. The molecule has 2 atom stereocenters. The summed E-state index contributed by atoms with van der Waals surface area (Å²) in [6, 6.07) is 0. The Hall–Kier alpha value is 0.400. The highest BCUT2D eigenvalue weighted by Crippen LogP contribution is 2.14. The minimum absolute atomic E-state index is 0.483. The largest absolute Gasteiger partial charge is 0.377 e. The van der Waals surface area contributed by atoms with E-state index in [4.69, 9.17) is 4.74 Å². The fourth-order valence-electron chi connectivity index (χ4n) is 1.95. The van der Waals surface area contributed by atoms with Crippen molar-refractivity contribution in [2.24, 2.45) is 5.92 Å². The predicted molar refractivity (Wildman–Crippen MR) is 64.0 cm³/mol. The Labute approximate surface area is 96.1 Å². The molecule has 1 heterocycles. The van der Waals surface area contributed by atoms with Crippen molar-refractivity contribution in [3.8, 4) is 0 Å². The monoisotopic (exact) mass is 263 g/mol. The molecule has 0 aromatic heterocycles. The molecule has 0 radical (unpaired) electrons. The molecule has 0 bridgehead atoms. The van der Waals surface area contributed by atoms with Crippen LogP contribution in [0, 0.1) is 5.92 Å². The van der Waals surface area contributed by atoms with Crippen LogP contribution >= 0.6 is 15.9 Å². The first kappa shape index (κ1) is 12.5. The predicted octanol–water partition coefficient (Wildman–Crippen LogP) is 2.52. The van der Waals surface area contributed by atoms with Crippen LogP contribution < -0.4 is 0 Å². The van der Waals surface area contributed by atoms with Crippen LogP contribution in [0.3, 0.4) is 0 Å². The minimum atomic E-state index is 0.483. The highest BCUT2D eigenvalue weighted by atomic mass is 79.9. The Morgan fingerprint density at radius 2 is 2.29 bits per heavy atom. The van der Waals surface area contributed by atoms with Crippen molar-refractivity contribution >= 4 is 15.9 Å². The van der Waals surface area contributed by atoms with E-state index in [9.17, 15) is 0 Å². The topological polar surface area (TPSA) is 12.5 Å². The zero-order valence-electron chi connectivity index (χ0n) is 9.34. The van der Waals surface area contributed by atoms with Crippen molar-refractivity contribution in [3.05, 3.63) is 0 Å². The fourth-order valence-corrected chi connectivity index (χ4v) is 2.16. The van der Waals surface area contributed by atoms with Crippen LogP contribution in [0.15, 0.2) is 0 Å². The second-order valence-electron chi connectivity index (χ2n) is 4.47. The summed E-state index contributed by atoms with van der Waals surface area (Å²) in [6.07, 6.45) is 4.31. The van der Waals surface area contributed by atoms with Gasteiger partial charge in [0.2, 0.25) is 0 Å². The summed E-state index contributed by atoms with van der Waals surface area (Å²) in [4.78, 5) is 2.39. The lowest BCUT2D eigenvalue weighted by Crippen LogP contribution is -2.35. The average Bonchev–Trinajstić information content (AvgIpc) is 2.19. The Bertz CT molecular complexity index is 148. The molecule has 0 spiro atoms. The van der Waals surface area contributed by atoms with Crippen LogP contribution in [0.2, 0.25) is 0 Å². The molecule has 1 aliphatic heterocycles. The number of likely N-dealkylation sites (N-methyl/N-ethyl adjacent to an activating group) is 1. The molecule has 0 amide bonds. The maximum absolute atomic E-state index is 5.71. The third kappa shape index (κ3) is 4.76. The molecule has 1 fully saturated rings. The maximum atomic E-state index is 5.71. The van der Waals surface area contributed by atoms with Gasteiger partial charge in [0.05, 0.1) is 6.10 Å². The molecule has 1 saturated heterocycles. The zero-order valence-corrected chi connectivity index (χ0v) is 10.9. The Balaban J connectivity index is 2.14. The van der Waals surface area contributed by atoms with Crippen LogP contribution in [0.25, 0.3) is 0 Å². The van der Waals surface area contributed by atoms with Gasteiger partial charge in [-0.2, -0.15) is 0 Å². The normalized spacial score (nSPS) is 25.3. The molecule has 0 aromatic carbocycles. The summed E-state index contributed by atoms with van der Waals surface area (Å²) in [5.74, 6) is 0.726. The first-order chi connectivity index (χ1) is 6.72. The smallest absolute Gasteiger partial charge is 0.0701 e. The van der Waals surface area contributed by atoms with Crippen LogP contribution in [0.4, 0.5) is 0 Å². The molecular weight excluding hydrogens is 242 g/mol. The third-order valence-corrected chi connectivity index (χ3v) is 3.78. The first-order valence-electron chi connectivity index (χ1n) is 5.58. The second kappa shape index (κ2) is 6.81. The molecule has 1 aliphatic rings. The summed E-state index contributed by atoms with van der Waals surface area (Å²) >= 11 is 3.51. The van der Waals surface area contributed by atoms with E-state index in [1.807, 2.05) is 0 Å². The number of halogens is 1. The number of rotatable bonds is 5.